The van der Waals surface area contributed by atoms with Crippen LogP contribution in [0.15, 0.2) is 11.6 Å². The summed E-state index contributed by atoms with van der Waals surface area (Å²) >= 11 is 3.54. The fourth-order valence-electron chi connectivity index (χ4n) is 0.343. The molecule has 1 heteroatoms. The zero-order valence-corrected chi connectivity index (χ0v) is 7.54. The molecule has 0 amide bonds. The molecule has 8 heavy (non-hydrogen) atoms. The van der Waals surface area contributed by atoms with Gasteiger partial charge in [0.15, 0.2) is 0 Å². The van der Waals surface area contributed by atoms with Crippen molar-refractivity contribution in [1.29, 1.82) is 0 Å². The number of allylic oxidation sites excluding steroid dienone is 2. The Hall–Kier alpha value is 0.220. The second-order valence-electron chi connectivity index (χ2n) is 2.44. The van der Waals surface area contributed by atoms with Gasteiger partial charge < -0.3 is 0 Å². The minimum Gasteiger partial charge on any atom is -0.0874 e. The van der Waals surface area contributed by atoms with Crippen LogP contribution in [0.25, 0.3) is 0 Å². The lowest BCUT2D eigenvalue weighted by Gasteiger charge is -2.15. The third-order valence-corrected chi connectivity index (χ3v) is 2.00. The Morgan fingerprint density at radius 1 is 1.50 bits per heavy atom. The lowest BCUT2D eigenvalue weighted by Crippen LogP contribution is -2.09. The first kappa shape index (κ1) is 8.22. The van der Waals surface area contributed by atoms with Crippen molar-refractivity contribution in [3.8, 4) is 0 Å². The van der Waals surface area contributed by atoms with Crippen molar-refractivity contribution in [2.75, 3.05) is 0 Å². The Labute approximate surface area is 60.1 Å². The Bertz CT molecular complexity index is 95.4. The number of hydrogen-bond acceptors (Lipinski definition) is 0. The van der Waals surface area contributed by atoms with E-state index < -0.39 is 0 Å². The van der Waals surface area contributed by atoms with Crippen LogP contribution in [0, 0.1) is 0 Å². The third kappa shape index (κ3) is 2.51. The van der Waals surface area contributed by atoms with Gasteiger partial charge in [0.2, 0.25) is 0 Å². The van der Waals surface area contributed by atoms with Crippen molar-refractivity contribution < 1.29 is 0 Å². The number of alkyl halides is 1. The monoisotopic (exact) mass is 176 g/mol. The largest absolute Gasteiger partial charge is 0.0874 e. The highest BCUT2D eigenvalue weighted by Gasteiger charge is 2.12. The van der Waals surface area contributed by atoms with Gasteiger partial charge in [-0.2, -0.15) is 0 Å². The zero-order chi connectivity index (χ0) is 6.78. The van der Waals surface area contributed by atoms with Crippen LogP contribution in [-0.4, -0.2) is 4.32 Å². The van der Waals surface area contributed by atoms with E-state index in [9.17, 15) is 0 Å². The van der Waals surface area contributed by atoms with Crippen molar-refractivity contribution in [1.82, 2.24) is 0 Å². The van der Waals surface area contributed by atoms with Gasteiger partial charge in [0, 0.05) is 4.32 Å². The summed E-state index contributed by atoms with van der Waals surface area (Å²) in [6.07, 6.45) is 2.12. The molecule has 0 N–H and O–H groups in total. The Morgan fingerprint density at radius 3 is 1.88 bits per heavy atom. The molecule has 0 spiro atoms. The molecule has 0 aromatic heterocycles. The molecule has 0 bridgehead atoms. The molecule has 0 saturated carbocycles. The van der Waals surface area contributed by atoms with Crippen molar-refractivity contribution in [2.45, 2.75) is 32.0 Å². The van der Waals surface area contributed by atoms with Gasteiger partial charge in [0.1, 0.15) is 0 Å². The summed E-state index contributed by atoms with van der Waals surface area (Å²) in [6.45, 7) is 8.46. The molecule has 0 aromatic carbocycles. The van der Waals surface area contributed by atoms with E-state index in [1.54, 1.807) is 0 Å². The van der Waals surface area contributed by atoms with E-state index in [0.29, 0.717) is 0 Å². The highest BCUT2D eigenvalue weighted by molar-refractivity contribution is 9.10. The highest BCUT2D eigenvalue weighted by atomic mass is 79.9. The van der Waals surface area contributed by atoms with Gasteiger partial charge in [0.05, 0.1) is 0 Å². The molecule has 0 nitrogen and oxygen atoms in total. The maximum absolute atomic E-state index is 3.54. The van der Waals surface area contributed by atoms with Crippen LogP contribution in [0.1, 0.15) is 27.7 Å². The second-order valence-corrected chi connectivity index (χ2v) is 4.43. The van der Waals surface area contributed by atoms with Crippen molar-refractivity contribution in [2.24, 2.45) is 0 Å². The van der Waals surface area contributed by atoms with Crippen LogP contribution < -0.4 is 0 Å². The van der Waals surface area contributed by atoms with Crippen LogP contribution >= 0.6 is 15.9 Å². The van der Waals surface area contributed by atoms with Crippen LogP contribution in [0.2, 0.25) is 0 Å². The minimum absolute atomic E-state index is 0.182. The molecule has 0 fully saturated rings. The van der Waals surface area contributed by atoms with Gasteiger partial charge in [0.25, 0.3) is 0 Å². The summed E-state index contributed by atoms with van der Waals surface area (Å²) in [5.41, 5.74) is 1.37. The lowest BCUT2D eigenvalue weighted by molar-refractivity contribution is 0.849. The number of halogens is 1. The number of rotatable bonds is 1. The molecule has 0 aliphatic carbocycles. The molecule has 0 rings (SSSR count). The molecular weight excluding hydrogens is 164 g/mol. The molecule has 0 heterocycles. The lowest BCUT2D eigenvalue weighted by atomic mass is 10.1. The summed E-state index contributed by atoms with van der Waals surface area (Å²) in [5, 5.41) is 0. The first-order chi connectivity index (χ1) is 3.48. The van der Waals surface area contributed by atoms with Crippen molar-refractivity contribution in [3.05, 3.63) is 11.6 Å². The topological polar surface area (TPSA) is 0 Å². The molecule has 0 aromatic rings. The van der Waals surface area contributed by atoms with Crippen LogP contribution in [0.5, 0.6) is 0 Å². The summed E-state index contributed by atoms with van der Waals surface area (Å²) in [6, 6.07) is 0. The number of hydrogen-bond donors (Lipinski definition) is 0. The highest BCUT2D eigenvalue weighted by Crippen LogP contribution is 2.24. The van der Waals surface area contributed by atoms with E-state index in [2.05, 4.69) is 49.7 Å². The Morgan fingerprint density at radius 2 is 1.88 bits per heavy atom. The summed E-state index contributed by atoms with van der Waals surface area (Å²) in [5.74, 6) is 0. The first-order valence-electron chi connectivity index (χ1n) is 2.81. The van der Waals surface area contributed by atoms with Gasteiger partial charge in [-0.25, -0.2) is 0 Å². The van der Waals surface area contributed by atoms with Gasteiger partial charge in [-0.15, -0.1) is 0 Å². The summed E-state index contributed by atoms with van der Waals surface area (Å²) < 4.78 is 0.182. The van der Waals surface area contributed by atoms with E-state index >= 15 is 0 Å². The second kappa shape index (κ2) is 2.67. The summed E-state index contributed by atoms with van der Waals surface area (Å²) in [4.78, 5) is 0. The van der Waals surface area contributed by atoms with Gasteiger partial charge in [-0.05, 0) is 27.7 Å². The standard InChI is InChI=1S/C7H13Br/c1-5-6(2)7(3,4)8/h5H,1-4H3/b6-5-. The predicted octanol–water partition coefficient (Wildman–Crippen LogP) is 3.13. The maximum Gasteiger partial charge on any atom is 0.0406 e. The molecule has 0 aliphatic heterocycles. The normalized spacial score (nSPS) is 14.4. The fraction of sp³-hybridized carbons (Fsp3) is 0.714. The van der Waals surface area contributed by atoms with E-state index in [0.717, 1.165) is 0 Å². The van der Waals surface area contributed by atoms with E-state index in [4.69, 9.17) is 0 Å². The summed E-state index contributed by atoms with van der Waals surface area (Å²) in [7, 11) is 0. The van der Waals surface area contributed by atoms with Gasteiger partial charge in [-0.1, -0.05) is 27.6 Å². The molecule has 0 unspecified atom stereocenters. The average molecular weight is 177 g/mol. The smallest absolute Gasteiger partial charge is 0.0406 e. The minimum atomic E-state index is 0.182. The molecule has 0 saturated heterocycles. The first-order valence-corrected chi connectivity index (χ1v) is 3.60. The van der Waals surface area contributed by atoms with E-state index in [1.165, 1.54) is 5.57 Å². The molecule has 0 radical (unpaired) electrons. The van der Waals surface area contributed by atoms with Crippen LogP contribution in [0.3, 0.4) is 0 Å². The van der Waals surface area contributed by atoms with Gasteiger partial charge in [-0.3, -0.25) is 0 Å². The van der Waals surface area contributed by atoms with Crippen LogP contribution in [0.4, 0.5) is 0 Å². The average Bonchev–Trinajstić information content (AvgIpc) is 1.62. The SMILES string of the molecule is C/C=C(/C)C(C)(C)Br. The quantitative estimate of drug-likeness (QED) is 0.426. The van der Waals surface area contributed by atoms with E-state index in [-0.39, 0.29) is 4.32 Å². The Kier molecular flexibility index (Phi) is 2.75. The molecule has 48 valence electrons. The Balaban J connectivity index is 4.03. The van der Waals surface area contributed by atoms with Crippen LogP contribution in [-0.2, 0) is 0 Å². The van der Waals surface area contributed by atoms with Gasteiger partial charge >= 0.3 is 0 Å². The maximum atomic E-state index is 3.54. The van der Waals surface area contributed by atoms with Crippen molar-refractivity contribution in [3.63, 3.8) is 0 Å². The van der Waals surface area contributed by atoms with E-state index in [1.807, 2.05) is 0 Å². The molecule has 0 atom stereocenters. The molecular formula is C7H13Br. The third-order valence-electron chi connectivity index (χ3n) is 1.37. The molecule has 0 aliphatic rings. The van der Waals surface area contributed by atoms with Crippen molar-refractivity contribution >= 4 is 15.9 Å². The zero-order valence-electron chi connectivity index (χ0n) is 5.96. The predicted molar refractivity (Wildman–Crippen MR) is 42.4 cm³/mol. The fourth-order valence-corrected chi connectivity index (χ4v) is 0.572.